The molecule has 3 atom stereocenters. The van der Waals surface area contributed by atoms with Crippen LogP contribution in [-0.2, 0) is 0 Å². The first kappa shape index (κ1) is 17.8. The molecule has 3 aromatic rings. The van der Waals surface area contributed by atoms with Gasteiger partial charge in [0.05, 0.1) is 11.7 Å². The summed E-state index contributed by atoms with van der Waals surface area (Å²) in [4.78, 5) is 14.8. The fraction of sp³-hybridized carbons (Fsp3) is 0.217. The minimum Gasteiger partial charge on any atom is -0.341 e. The molecule has 0 radical (unpaired) electrons. The van der Waals surface area contributed by atoms with Gasteiger partial charge in [-0.15, -0.1) is 0 Å². The zero-order chi connectivity index (χ0) is 18.9. The van der Waals surface area contributed by atoms with E-state index in [0.717, 1.165) is 17.4 Å². The highest BCUT2D eigenvalue weighted by Gasteiger charge is 2.44. The van der Waals surface area contributed by atoms with E-state index in [1.165, 1.54) is 15.4 Å². The molecule has 0 aliphatic carbocycles. The lowest BCUT2D eigenvalue weighted by Crippen LogP contribution is -2.28. The highest BCUT2D eigenvalue weighted by Crippen LogP contribution is 2.49. The van der Waals surface area contributed by atoms with E-state index in [9.17, 15) is 0 Å². The number of thioether (sulfide) groups is 1. The van der Waals surface area contributed by atoms with Crippen LogP contribution in [0.5, 0.6) is 0 Å². The summed E-state index contributed by atoms with van der Waals surface area (Å²) >= 11 is 3.71. The van der Waals surface area contributed by atoms with Crippen molar-refractivity contribution >= 4 is 28.7 Å². The van der Waals surface area contributed by atoms with Gasteiger partial charge < -0.3 is 4.90 Å². The average Bonchev–Trinajstić information content (AvgIpc) is 3.26. The van der Waals surface area contributed by atoms with E-state index in [1.54, 1.807) is 0 Å². The Kier molecular flexibility index (Phi) is 4.87. The molecule has 2 aliphatic rings. The number of pyridine rings is 1. The van der Waals surface area contributed by atoms with Gasteiger partial charge in [-0.2, -0.15) is 0 Å². The number of aliphatic imine (C=N–C) groups is 1. The molecule has 0 saturated carbocycles. The van der Waals surface area contributed by atoms with Crippen LogP contribution in [0.3, 0.4) is 0 Å². The van der Waals surface area contributed by atoms with Gasteiger partial charge in [-0.25, -0.2) is 0 Å². The van der Waals surface area contributed by atoms with E-state index in [0.29, 0.717) is 5.25 Å². The molecule has 3 nitrogen and oxygen atoms in total. The van der Waals surface area contributed by atoms with Crippen LogP contribution in [0.25, 0.3) is 0 Å². The Hall–Kier alpha value is -2.24. The number of rotatable bonds is 4. The standard InChI is InChI=1S/C23H21N3S2/c1-16-15-26-22(21(25-23(26)27-16)19-12-7-8-14-24-19)18-11-5-6-13-20(18)28-17-9-3-2-4-10-17/h2-14,16,21-22H,15H2,1H3/t16-,21-,22-/m0/s1. The summed E-state index contributed by atoms with van der Waals surface area (Å²) in [6, 6.07) is 25.7. The van der Waals surface area contributed by atoms with E-state index in [1.807, 2.05) is 35.8 Å². The van der Waals surface area contributed by atoms with Crippen LogP contribution < -0.4 is 0 Å². The summed E-state index contributed by atoms with van der Waals surface area (Å²) in [6.07, 6.45) is 1.87. The lowest BCUT2D eigenvalue weighted by Gasteiger charge is -2.29. The fourth-order valence-corrected chi connectivity index (χ4v) is 5.98. The Morgan fingerprint density at radius 3 is 2.57 bits per heavy atom. The van der Waals surface area contributed by atoms with E-state index in [-0.39, 0.29) is 12.1 Å². The van der Waals surface area contributed by atoms with Gasteiger partial charge in [-0.1, -0.05) is 72.9 Å². The minimum absolute atomic E-state index is 0.0359. The van der Waals surface area contributed by atoms with E-state index in [4.69, 9.17) is 4.99 Å². The first-order valence-corrected chi connectivity index (χ1v) is 11.2. The van der Waals surface area contributed by atoms with Gasteiger partial charge in [-0.05, 0) is 35.9 Å². The highest BCUT2D eigenvalue weighted by molar-refractivity contribution is 8.14. The van der Waals surface area contributed by atoms with Crippen LogP contribution in [-0.4, -0.2) is 26.8 Å². The summed E-state index contributed by atoms with van der Waals surface area (Å²) in [7, 11) is 0. The van der Waals surface area contributed by atoms with Crippen molar-refractivity contribution in [2.45, 2.75) is 34.0 Å². The second kappa shape index (κ2) is 7.64. The summed E-state index contributed by atoms with van der Waals surface area (Å²) in [5, 5.41) is 1.73. The molecular formula is C23H21N3S2. The molecule has 140 valence electrons. The van der Waals surface area contributed by atoms with Crippen molar-refractivity contribution in [3.63, 3.8) is 0 Å². The maximum absolute atomic E-state index is 5.11. The normalized spacial score (nSPS) is 23.5. The zero-order valence-electron chi connectivity index (χ0n) is 15.6. The Balaban J connectivity index is 1.57. The van der Waals surface area contributed by atoms with Crippen LogP contribution in [0.2, 0.25) is 0 Å². The highest BCUT2D eigenvalue weighted by atomic mass is 32.2. The molecule has 0 unspecified atom stereocenters. The molecule has 2 aromatic carbocycles. The summed E-state index contributed by atoms with van der Waals surface area (Å²) < 4.78 is 0. The zero-order valence-corrected chi connectivity index (χ0v) is 17.2. The summed E-state index contributed by atoms with van der Waals surface area (Å²) in [5.74, 6) is 0. The Morgan fingerprint density at radius 2 is 1.75 bits per heavy atom. The summed E-state index contributed by atoms with van der Waals surface area (Å²) in [6.45, 7) is 3.31. The number of aromatic nitrogens is 1. The van der Waals surface area contributed by atoms with Crippen LogP contribution in [0, 0.1) is 0 Å². The minimum atomic E-state index is 0.0359. The monoisotopic (exact) mass is 403 g/mol. The predicted molar refractivity (Wildman–Crippen MR) is 118 cm³/mol. The van der Waals surface area contributed by atoms with Crippen molar-refractivity contribution in [3.05, 3.63) is 90.3 Å². The molecule has 1 saturated heterocycles. The molecule has 3 heterocycles. The molecule has 1 fully saturated rings. The predicted octanol–water partition coefficient (Wildman–Crippen LogP) is 5.82. The topological polar surface area (TPSA) is 28.5 Å². The molecule has 0 amide bonds. The fourth-order valence-electron chi connectivity index (χ4n) is 3.89. The van der Waals surface area contributed by atoms with Gasteiger partial charge in [0.1, 0.15) is 6.04 Å². The molecule has 2 aliphatic heterocycles. The third-order valence-electron chi connectivity index (χ3n) is 5.09. The molecule has 5 heteroatoms. The lowest BCUT2D eigenvalue weighted by atomic mass is 9.96. The molecule has 1 aromatic heterocycles. The van der Waals surface area contributed by atoms with Crippen molar-refractivity contribution in [3.8, 4) is 0 Å². The number of hydrogen-bond acceptors (Lipinski definition) is 5. The molecule has 0 bridgehead atoms. The Bertz CT molecular complexity index is 991. The van der Waals surface area contributed by atoms with Gasteiger partial charge in [-0.3, -0.25) is 9.98 Å². The second-order valence-corrected chi connectivity index (χ2v) is 9.61. The first-order valence-electron chi connectivity index (χ1n) is 9.53. The van der Waals surface area contributed by atoms with E-state index >= 15 is 0 Å². The van der Waals surface area contributed by atoms with Gasteiger partial charge in [0, 0.05) is 27.8 Å². The molecule has 5 rings (SSSR count). The maximum atomic E-state index is 5.11. The smallest absolute Gasteiger partial charge is 0.160 e. The average molecular weight is 404 g/mol. The summed E-state index contributed by atoms with van der Waals surface area (Å²) in [5.41, 5.74) is 2.38. The third-order valence-corrected chi connectivity index (χ3v) is 7.29. The van der Waals surface area contributed by atoms with Crippen molar-refractivity contribution in [2.75, 3.05) is 6.54 Å². The van der Waals surface area contributed by atoms with E-state index in [2.05, 4.69) is 83.5 Å². The van der Waals surface area contributed by atoms with Gasteiger partial charge in [0.2, 0.25) is 0 Å². The van der Waals surface area contributed by atoms with E-state index < -0.39 is 0 Å². The number of nitrogens with zero attached hydrogens (tertiary/aromatic N) is 3. The molecule has 28 heavy (non-hydrogen) atoms. The number of benzene rings is 2. The van der Waals surface area contributed by atoms with Gasteiger partial charge in [0.25, 0.3) is 0 Å². The molecule has 0 N–H and O–H groups in total. The van der Waals surface area contributed by atoms with Crippen molar-refractivity contribution in [1.29, 1.82) is 0 Å². The number of fused-ring (bicyclic) bond motifs is 1. The van der Waals surface area contributed by atoms with Crippen molar-refractivity contribution < 1.29 is 0 Å². The van der Waals surface area contributed by atoms with Crippen molar-refractivity contribution in [1.82, 2.24) is 9.88 Å². The maximum Gasteiger partial charge on any atom is 0.160 e. The number of amidine groups is 1. The van der Waals surface area contributed by atoms with Crippen LogP contribution in [0.1, 0.15) is 30.3 Å². The number of hydrogen-bond donors (Lipinski definition) is 0. The van der Waals surface area contributed by atoms with Crippen LogP contribution in [0.15, 0.2) is 93.8 Å². The molecular weight excluding hydrogens is 382 g/mol. The third kappa shape index (κ3) is 3.33. The van der Waals surface area contributed by atoms with Gasteiger partial charge in [0.15, 0.2) is 5.17 Å². The second-order valence-electron chi connectivity index (χ2n) is 7.09. The quantitative estimate of drug-likeness (QED) is 0.549. The van der Waals surface area contributed by atoms with Gasteiger partial charge >= 0.3 is 0 Å². The molecule has 0 spiro atoms. The SMILES string of the molecule is C[C@H]1CN2C(=N[C@@H](c3ccccn3)[C@@H]2c2ccccc2Sc2ccccc2)S1. The Labute approximate surface area is 174 Å². The lowest BCUT2D eigenvalue weighted by molar-refractivity contribution is 0.317. The van der Waals surface area contributed by atoms with Crippen molar-refractivity contribution in [2.24, 2.45) is 4.99 Å². The van der Waals surface area contributed by atoms with Crippen LogP contribution in [0.4, 0.5) is 0 Å². The largest absolute Gasteiger partial charge is 0.341 e. The Morgan fingerprint density at radius 1 is 0.964 bits per heavy atom. The van der Waals surface area contributed by atoms with Crippen LogP contribution >= 0.6 is 23.5 Å². The first-order chi connectivity index (χ1) is 13.8.